The molecule has 0 saturated carbocycles. The highest BCUT2D eigenvalue weighted by molar-refractivity contribution is 7.11. The third-order valence-electron chi connectivity index (χ3n) is 5.12. The van der Waals surface area contributed by atoms with Crippen LogP contribution >= 0.6 is 11.3 Å². The van der Waals surface area contributed by atoms with Crippen molar-refractivity contribution in [3.8, 4) is 0 Å². The lowest BCUT2D eigenvalue weighted by Gasteiger charge is -2.47. The zero-order chi connectivity index (χ0) is 15.5. The summed E-state index contributed by atoms with van der Waals surface area (Å²) in [4.78, 5) is 8.81. The van der Waals surface area contributed by atoms with E-state index in [2.05, 4.69) is 44.8 Å². The summed E-state index contributed by atoms with van der Waals surface area (Å²) in [5, 5.41) is 5.13. The molecule has 0 spiro atoms. The Morgan fingerprint density at radius 3 is 2.52 bits per heavy atom. The number of nitrogens with zero attached hydrogens (tertiary/aromatic N) is 2. The fraction of sp³-hybridized carbons (Fsp3) is 0.824. The zero-order valence-corrected chi connectivity index (χ0v) is 15.1. The van der Waals surface area contributed by atoms with Crippen molar-refractivity contribution in [1.82, 2.24) is 15.2 Å². The molecule has 1 atom stereocenters. The highest BCUT2D eigenvalue weighted by Gasteiger charge is 2.36. The summed E-state index contributed by atoms with van der Waals surface area (Å²) in [6.45, 7) is 14.5. The molecule has 120 valence electrons. The van der Waals surface area contributed by atoms with E-state index < -0.39 is 0 Å². The van der Waals surface area contributed by atoms with Crippen LogP contribution in [0.3, 0.4) is 0 Å². The second-order valence-electron chi connectivity index (χ2n) is 6.47. The van der Waals surface area contributed by atoms with E-state index in [4.69, 9.17) is 4.98 Å². The fourth-order valence-corrected chi connectivity index (χ4v) is 4.30. The number of nitrogens with one attached hydrogen (secondary N) is 1. The summed E-state index contributed by atoms with van der Waals surface area (Å²) >= 11 is 1.87. The van der Waals surface area contributed by atoms with E-state index in [-0.39, 0.29) is 0 Å². The molecule has 1 aliphatic rings. The van der Waals surface area contributed by atoms with Crippen molar-refractivity contribution in [2.75, 3.05) is 13.1 Å². The van der Waals surface area contributed by atoms with Crippen LogP contribution in [0.1, 0.15) is 62.0 Å². The van der Waals surface area contributed by atoms with Gasteiger partial charge in [0.05, 0.1) is 12.2 Å². The first-order valence-corrected chi connectivity index (χ1v) is 9.27. The minimum Gasteiger partial charge on any atom is -0.308 e. The van der Waals surface area contributed by atoms with Gasteiger partial charge in [0.25, 0.3) is 0 Å². The Morgan fingerprint density at radius 1 is 1.29 bits per heavy atom. The van der Waals surface area contributed by atoms with Gasteiger partial charge in [-0.25, -0.2) is 4.98 Å². The van der Waals surface area contributed by atoms with Crippen LogP contribution in [-0.2, 0) is 6.54 Å². The van der Waals surface area contributed by atoms with E-state index in [0.717, 1.165) is 19.6 Å². The van der Waals surface area contributed by atoms with Gasteiger partial charge in [0, 0.05) is 29.5 Å². The summed E-state index contributed by atoms with van der Waals surface area (Å²) in [6.07, 6.45) is 4.94. The van der Waals surface area contributed by atoms with Crippen molar-refractivity contribution in [3.05, 3.63) is 15.6 Å². The molecule has 4 heteroatoms. The van der Waals surface area contributed by atoms with Crippen LogP contribution in [0.4, 0.5) is 0 Å². The first-order valence-electron chi connectivity index (χ1n) is 8.45. The molecule has 2 heterocycles. The lowest BCUT2D eigenvalue weighted by molar-refractivity contribution is 0.0616. The number of hydrogen-bond acceptors (Lipinski definition) is 4. The molecule has 0 radical (unpaired) electrons. The minimum absolute atomic E-state index is 0.297. The Morgan fingerprint density at radius 2 is 2.00 bits per heavy atom. The Bertz CT molecular complexity index is 431. The molecule has 0 aliphatic carbocycles. The third-order valence-corrected chi connectivity index (χ3v) is 6.18. The smallest absolute Gasteiger partial charge is 0.107 e. The van der Waals surface area contributed by atoms with Gasteiger partial charge in [0.2, 0.25) is 0 Å². The standard InChI is InChI=1S/C17H31N3S/c1-6-9-15-10-18-17(7-2,8-3)12-20(15)11-16-19-13(4)14(5)21-16/h15,18H,6-12H2,1-5H3. The lowest BCUT2D eigenvalue weighted by Crippen LogP contribution is -2.63. The quantitative estimate of drug-likeness (QED) is 0.864. The van der Waals surface area contributed by atoms with Gasteiger partial charge in [-0.2, -0.15) is 0 Å². The van der Waals surface area contributed by atoms with Crippen molar-refractivity contribution in [1.29, 1.82) is 0 Å². The predicted octanol–water partition coefficient (Wildman–Crippen LogP) is 3.89. The summed E-state index contributed by atoms with van der Waals surface area (Å²) in [5.74, 6) is 0. The van der Waals surface area contributed by atoms with E-state index in [1.807, 2.05) is 11.3 Å². The molecule has 0 bridgehead atoms. The Balaban J connectivity index is 2.13. The summed E-state index contributed by atoms with van der Waals surface area (Å²) in [7, 11) is 0. The molecule has 1 aromatic heterocycles. The maximum atomic E-state index is 4.75. The maximum absolute atomic E-state index is 4.75. The van der Waals surface area contributed by atoms with Crippen LogP contribution < -0.4 is 5.32 Å². The molecule has 0 aromatic carbocycles. The zero-order valence-electron chi connectivity index (χ0n) is 14.3. The molecule has 2 rings (SSSR count). The van der Waals surface area contributed by atoms with Gasteiger partial charge < -0.3 is 5.32 Å². The van der Waals surface area contributed by atoms with Crippen LogP contribution in [-0.4, -0.2) is 34.6 Å². The number of piperazine rings is 1. The number of hydrogen-bond donors (Lipinski definition) is 1. The third kappa shape index (κ3) is 3.85. The predicted molar refractivity (Wildman–Crippen MR) is 92.0 cm³/mol. The van der Waals surface area contributed by atoms with Gasteiger partial charge in [-0.3, -0.25) is 4.90 Å². The van der Waals surface area contributed by atoms with Crippen molar-refractivity contribution in [2.24, 2.45) is 0 Å². The molecule has 1 unspecified atom stereocenters. The molecular formula is C17H31N3S. The topological polar surface area (TPSA) is 28.2 Å². The van der Waals surface area contributed by atoms with Crippen LogP contribution in [0.2, 0.25) is 0 Å². The highest BCUT2D eigenvalue weighted by atomic mass is 32.1. The molecular weight excluding hydrogens is 278 g/mol. The number of aryl methyl sites for hydroxylation is 2. The van der Waals surface area contributed by atoms with Gasteiger partial charge >= 0.3 is 0 Å². The molecule has 1 N–H and O–H groups in total. The second-order valence-corrected chi connectivity index (χ2v) is 7.75. The van der Waals surface area contributed by atoms with Crippen molar-refractivity contribution in [2.45, 2.75) is 78.4 Å². The molecule has 21 heavy (non-hydrogen) atoms. The van der Waals surface area contributed by atoms with Gasteiger partial charge in [-0.1, -0.05) is 27.2 Å². The average molecular weight is 310 g/mol. The molecule has 0 amide bonds. The van der Waals surface area contributed by atoms with E-state index in [1.165, 1.54) is 41.3 Å². The number of aromatic nitrogens is 1. The van der Waals surface area contributed by atoms with Crippen LogP contribution in [0.25, 0.3) is 0 Å². The maximum Gasteiger partial charge on any atom is 0.107 e. The summed E-state index contributed by atoms with van der Waals surface area (Å²) < 4.78 is 0. The average Bonchev–Trinajstić information content (AvgIpc) is 2.79. The van der Waals surface area contributed by atoms with Gasteiger partial charge in [0.15, 0.2) is 0 Å². The van der Waals surface area contributed by atoms with Crippen molar-refractivity contribution >= 4 is 11.3 Å². The Hall–Kier alpha value is -0.450. The molecule has 1 aliphatic heterocycles. The molecule has 1 fully saturated rings. The fourth-order valence-electron chi connectivity index (χ4n) is 3.34. The van der Waals surface area contributed by atoms with Gasteiger partial charge in [-0.15, -0.1) is 11.3 Å². The Kier molecular flexibility index (Phi) is 5.81. The van der Waals surface area contributed by atoms with Gasteiger partial charge in [-0.05, 0) is 33.1 Å². The van der Waals surface area contributed by atoms with Crippen LogP contribution in [0, 0.1) is 13.8 Å². The first kappa shape index (κ1) is 16.9. The number of rotatable bonds is 6. The lowest BCUT2D eigenvalue weighted by atomic mass is 9.88. The van der Waals surface area contributed by atoms with E-state index >= 15 is 0 Å². The summed E-state index contributed by atoms with van der Waals surface area (Å²) in [6, 6.07) is 0.658. The SMILES string of the molecule is CCCC1CNC(CC)(CC)CN1Cc1nc(C)c(C)s1. The Labute approximate surface area is 134 Å². The van der Waals surface area contributed by atoms with E-state index in [1.54, 1.807) is 0 Å². The largest absolute Gasteiger partial charge is 0.308 e. The number of thiazole rings is 1. The van der Waals surface area contributed by atoms with E-state index in [0.29, 0.717) is 11.6 Å². The normalized spacial score (nSPS) is 22.6. The van der Waals surface area contributed by atoms with Crippen molar-refractivity contribution < 1.29 is 0 Å². The van der Waals surface area contributed by atoms with Gasteiger partial charge in [0.1, 0.15) is 5.01 Å². The minimum atomic E-state index is 0.297. The molecule has 1 aromatic rings. The summed E-state index contributed by atoms with van der Waals surface area (Å²) in [5.41, 5.74) is 1.50. The monoisotopic (exact) mass is 309 g/mol. The molecule has 3 nitrogen and oxygen atoms in total. The molecule has 1 saturated heterocycles. The van der Waals surface area contributed by atoms with Crippen LogP contribution in [0.5, 0.6) is 0 Å². The first-order chi connectivity index (χ1) is 10.0. The van der Waals surface area contributed by atoms with Crippen molar-refractivity contribution in [3.63, 3.8) is 0 Å². The van der Waals surface area contributed by atoms with E-state index in [9.17, 15) is 0 Å². The second kappa shape index (κ2) is 7.21. The van der Waals surface area contributed by atoms with Crippen LogP contribution in [0.15, 0.2) is 0 Å². The highest BCUT2D eigenvalue weighted by Crippen LogP contribution is 2.27.